The summed E-state index contributed by atoms with van der Waals surface area (Å²) in [6, 6.07) is 6.92. The van der Waals surface area contributed by atoms with Crippen LogP contribution < -0.4 is 9.72 Å². The highest BCUT2D eigenvalue weighted by Crippen LogP contribution is 2.39. The topological polar surface area (TPSA) is 97.9 Å². The monoisotopic (exact) mass is 424 g/mol. The second-order valence-electron chi connectivity index (χ2n) is 8.01. The fourth-order valence-electron chi connectivity index (χ4n) is 4.41. The molecule has 0 fully saturated rings. The van der Waals surface area contributed by atoms with Gasteiger partial charge in [-0.15, -0.1) is 5.69 Å². The number of ketones is 2. The van der Waals surface area contributed by atoms with Crippen molar-refractivity contribution in [2.24, 2.45) is 11.8 Å². The van der Waals surface area contributed by atoms with E-state index >= 15 is 0 Å². The van der Waals surface area contributed by atoms with E-state index in [0.29, 0.717) is 12.2 Å². The Morgan fingerprint density at radius 2 is 2.06 bits per heavy atom. The summed E-state index contributed by atoms with van der Waals surface area (Å²) in [6.45, 7) is 1.87. The molecule has 166 valence electrons. The van der Waals surface area contributed by atoms with Crippen molar-refractivity contribution < 1.29 is 24.5 Å². The van der Waals surface area contributed by atoms with Crippen LogP contribution in [0.5, 0.6) is 11.5 Å². The first-order valence-electron chi connectivity index (χ1n) is 10.8. The van der Waals surface area contributed by atoms with Gasteiger partial charge in [0.25, 0.3) is 0 Å². The van der Waals surface area contributed by atoms with E-state index in [1.54, 1.807) is 18.3 Å². The van der Waals surface area contributed by atoms with Crippen LogP contribution in [-0.4, -0.2) is 35.5 Å². The number of phenolic OH excluding ortho intramolecular Hbond substituents is 1. The molecule has 31 heavy (non-hydrogen) atoms. The minimum atomic E-state index is -0.831. The van der Waals surface area contributed by atoms with Gasteiger partial charge in [0.1, 0.15) is 5.78 Å². The van der Waals surface area contributed by atoms with Crippen LogP contribution in [0.15, 0.2) is 36.5 Å². The third-order valence-corrected chi connectivity index (χ3v) is 6.04. The number of ether oxygens (including phenoxy) is 1. The van der Waals surface area contributed by atoms with Crippen LogP contribution in [0.4, 0.5) is 0 Å². The average Bonchev–Trinajstić information content (AvgIpc) is 3.26. The molecule has 3 atom stereocenters. The van der Waals surface area contributed by atoms with E-state index < -0.39 is 5.92 Å². The SMILES string of the molecule is CCC[C@@H]1c2cc[n-]c2C=C[C@@H]1C(=O)[C@@H](CCO)C(=O)CCc1ccc(O)c(OC)c1. The second kappa shape index (κ2) is 10.4. The van der Waals surface area contributed by atoms with Gasteiger partial charge in [0, 0.05) is 18.9 Å². The number of aliphatic hydroxyl groups is 1. The lowest BCUT2D eigenvalue weighted by Gasteiger charge is -2.31. The van der Waals surface area contributed by atoms with Gasteiger partial charge in [-0.1, -0.05) is 43.2 Å². The van der Waals surface area contributed by atoms with E-state index in [-0.39, 0.29) is 48.6 Å². The largest absolute Gasteiger partial charge is 0.664 e. The van der Waals surface area contributed by atoms with Crippen molar-refractivity contribution in [3.63, 3.8) is 0 Å². The molecule has 0 unspecified atom stereocenters. The highest BCUT2D eigenvalue weighted by molar-refractivity contribution is 6.04. The zero-order valence-corrected chi connectivity index (χ0v) is 18.1. The number of aryl methyl sites for hydroxylation is 1. The third-order valence-electron chi connectivity index (χ3n) is 6.04. The van der Waals surface area contributed by atoms with Crippen molar-refractivity contribution in [2.45, 2.75) is 44.9 Å². The summed E-state index contributed by atoms with van der Waals surface area (Å²) in [6.07, 6.45) is 8.01. The highest BCUT2D eigenvalue weighted by Gasteiger charge is 2.36. The summed E-state index contributed by atoms with van der Waals surface area (Å²) >= 11 is 0. The number of hydrogen-bond acceptors (Lipinski definition) is 5. The van der Waals surface area contributed by atoms with Crippen LogP contribution in [0.25, 0.3) is 6.08 Å². The van der Waals surface area contributed by atoms with Gasteiger partial charge in [-0.05, 0) is 42.9 Å². The fourth-order valence-corrected chi connectivity index (χ4v) is 4.41. The molecule has 2 N–H and O–H groups in total. The van der Waals surface area contributed by atoms with Crippen LogP contribution in [0.2, 0.25) is 0 Å². The molecule has 2 aromatic rings. The molecule has 1 aromatic carbocycles. The zero-order valence-electron chi connectivity index (χ0n) is 18.1. The number of Topliss-reactive ketones (excluding diaryl/α,β-unsaturated/α-hetero) is 2. The number of fused-ring (bicyclic) bond motifs is 1. The predicted octanol–water partition coefficient (Wildman–Crippen LogP) is 3.65. The number of aliphatic hydroxyl groups excluding tert-OH is 1. The van der Waals surface area contributed by atoms with Crippen LogP contribution in [0.3, 0.4) is 0 Å². The summed E-state index contributed by atoms with van der Waals surface area (Å²) in [5.74, 6) is -1.10. The van der Waals surface area contributed by atoms with Crippen molar-refractivity contribution in [3.05, 3.63) is 53.4 Å². The van der Waals surface area contributed by atoms with Crippen LogP contribution in [0, 0.1) is 11.8 Å². The van der Waals surface area contributed by atoms with E-state index in [1.165, 1.54) is 13.2 Å². The molecule has 0 spiro atoms. The van der Waals surface area contributed by atoms with Gasteiger partial charge < -0.3 is 19.9 Å². The first-order valence-corrected chi connectivity index (χ1v) is 10.8. The molecule has 6 heteroatoms. The lowest BCUT2D eigenvalue weighted by Crippen LogP contribution is -2.34. The van der Waals surface area contributed by atoms with Gasteiger partial charge in [0.15, 0.2) is 17.3 Å². The summed E-state index contributed by atoms with van der Waals surface area (Å²) < 4.78 is 5.12. The molecule has 1 aliphatic rings. The van der Waals surface area contributed by atoms with Crippen molar-refractivity contribution in [1.29, 1.82) is 0 Å². The molecule has 1 aliphatic carbocycles. The summed E-state index contributed by atoms with van der Waals surface area (Å²) in [4.78, 5) is 30.8. The molecule has 0 bridgehead atoms. The lowest BCUT2D eigenvalue weighted by molar-refractivity contribution is -0.135. The summed E-state index contributed by atoms with van der Waals surface area (Å²) in [5, 5.41) is 19.3. The molecule has 0 radical (unpaired) electrons. The summed E-state index contributed by atoms with van der Waals surface area (Å²) in [7, 11) is 1.47. The number of aromatic nitrogens is 1. The maximum Gasteiger partial charge on any atom is 0.160 e. The number of carbonyl (C=O) groups is 2. The van der Waals surface area contributed by atoms with Gasteiger partial charge in [-0.2, -0.15) is 6.20 Å². The van der Waals surface area contributed by atoms with E-state index in [9.17, 15) is 19.8 Å². The Kier molecular flexibility index (Phi) is 7.69. The van der Waals surface area contributed by atoms with Crippen LogP contribution in [0.1, 0.15) is 55.3 Å². The van der Waals surface area contributed by atoms with E-state index in [0.717, 1.165) is 29.7 Å². The van der Waals surface area contributed by atoms with Gasteiger partial charge in [-0.3, -0.25) is 9.59 Å². The lowest BCUT2D eigenvalue weighted by atomic mass is 9.73. The number of phenols is 1. The Labute approximate surface area is 183 Å². The predicted molar refractivity (Wildman–Crippen MR) is 118 cm³/mol. The molecule has 3 rings (SSSR count). The Bertz CT molecular complexity index is 945. The molecular weight excluding hydrogens is 394 g/mol. The maximum atomic E-state index is 13.4. The van der Waals surface area contributed by atoms with Gasteiger partial charge in [0.2, 0.25) is 0 Å². The van der Waals surface area contributed by atoms with Gasteiger partial charge in [-0.25, -0.2) is 0 Å². The zero-order chi connectivity index (χ0) is 22.4. The second-order valence-corrected chi connectivity index (χ2v) is 8.01. The quantitative estimate of drug-likeness (QED) is 0.534. The first kappa shape index (κ1) is 22.8. The van der Waals surface area contributed by atoms with Crippen LogP contribution in [-0.2, 0) is 16.0 Å². The van der Waals surface area contributed by atoms with Crippen molar-refractivity contribution in [3.8, 4) is 11.5 Å². The third kappa shape index (κ3) is 5.07. The number of carbonyl (C=O) groups excluding carboxylic acids is 2. The molecule has 0 saturated heterocycles. The smallest absolute Gasteiger partial charge is 0.160 e. The van der Waals surface area contributed by atoms with Crippen molar-refractivity contribution in [2.75, 3.05) is 13.7 Å². The number of methoxy groups -OCH3 is 1. The fraction of sp³-hybridized carbons (Fsp3) is 0.440. The number of rotatable bonds is 11. The minimum absolute atomic E-state index is 0.00959. The number of hydrogen-bond donors (Lipinski definition) is 2. The average molecular weight is 425 g/mol. The summed E-state index contributed by atoms with van der Waals surface area (Å²) in [5.41, 5.74) is 2.80. The van der Waals surface area contributed by atoms with Gasteiger partial charge in [0.05, 0.1) is 13.0 Å². The molecule has 0 amide bonds. The molecule has 1 heterocycles. The molecular formula is C25H30NO5-. The van der Waals surface area contributed by atoms with Crippen molar-refractivity contribution >= 4 is 17.6 Å². The Morgan fingerprint density at radius 3 is 2.77 bits per heavy atom. The minimum Gasteiger partial charge on any atom is -0.664 e. The molecule has 0 saturated carbocycles. The first-order chi connectivity index (χ1) is 15.0. The number of benzene rings is 1. The maximum absolute atomic E-state index is 13.4. The van der Waals surface area contributed by atoms with E-state index in [2.05, 4.69) is 11.9 Å². The Morgan fingerprint density at radius 1 is 1.26 bits per heavy atom. The van der Waals surface area contributed by atoms with E-state index in [4.69, 9.17) is 4.74 Å². The Hall–Kier alpha value is -2.86. The molecule has 0 aliphatic heterocycles. The number of aromatic hydroxyl groups is 1. The van der Waals surface area contributed by atoms with Gasteiger partial charge >= 0.3 is 0 Å². The normalized spacial score (nSPS) is 18.4. The standard InChI is InChI=1S/C25H30NO5/c1-3-4-17-18-11-13-26-21(18)8-7-19(17)25(30)20(12-14-27)22(28)9-5-16-6-10-23(29)24(15-16)31-2/h6-8,10-11,13,15,17,19-20,27,29H,3-5,9,12,14H2,1-2H3/q-1/t17-,19+,20+/m1/s1. The number of allylic oxidation sites excluding steroid dienone is 1. The van der Waals surface area contributed by atoms with Crippen LogP contribution >= 0.6 is 0 Å². The Balaban J connectivity index is 1.74. The number of nitrogens with zero attached hydrogens (tertiary/aromatic N) is 1. The molecule has 6 nitrogen and oxygen atoms in total. The van der Waals surface area contributed by atoms with Crippen molar-refractivity contribution in [1.82, 2.24) is 4.98 Å². The molecule has 1 aromatic heterocycles. The van der Waals surface area contributed by atoms with E-state index in [1.807, 2.05) is 18.2 Å². The highest BCUT2D eigenvalue weighted by atomic mass is 16.5.